The van der Waals surface area contributed by atoms with E-state index in [0.29, 0.717) is 0 Å². The number of hydrogen-bond donors (Lipinski definition) is 6. The molecule has 0 atom stereocenters. The molecule has 22 nitrogen and oxygen atoms in total. The molecule has 4 aromatic carbocycles. The van der Waals surface area contributed by atoms with E-state index in [1.54, 1.807) is 0 Å². The molecule has 1 heterocycles. The summed E-state index contributed by atoms with van der Waals surface area (Å²) in [5.41, 5.74) is -1.35. The standard InChI is InChI=1S/C29H27N7O15S5/c1-2-52(38,39)19-9-7-18(8-10-19)35-36-26-24(55(45,46)47)14-17-13-20(54(42,43)44)15-22(25(17)27(26)37)33-29-31-16-30-28(34-29)32-21-5-3-4-6-23(21)53(40,41)12-11-51-56(48,49)50/h3-10,13-16,37H,2,11-12H2,1H3,(H,42,43,44)(H,45,46,47)(H,48,49,50)(H2,30,31,32,33,34). The first-order chi connectivity index (χ1) is 26.0. The van der Waals surface area contributed by atoms with Crippen LogP contribution in [0.25, 0.3) is 10.8 Å². The third-order valence-corrected chi connectivity index (χ3v) is 13.1. The number of aromatic nitrogens is 3. The fraction of sp³-hybridized carbons (Fsp3) is 0.138. The molecule has 0 bridgehead atoms. The van der Waals surface area contributed by atoms with Gasteiger partial charge in [-0.1, -0.05) is 19.1 Å². The van der Waals surface area contributed by atoms with Crippen LogP contribution >= 0.6 is 0 Å². The summed E-state index contributed by atoms with van der Waals surface area (Å²) in [4.78, 5) is 9.68. The second-order valence-corrected chi connectivity index (χ2v) is 19.4. The quantitative estimate of drug-likeness (QED) is 0.0647. The Balaban J connectivity index is 1.58. The first-order valence-electron chi connectivity index (χ1n) is 15.2. The fourth-order valence-electron chi connectivity index (χ4n) is 4.85. The number of benzene rings is 4. The van der Waals surface area contributed by atoms with Gasteiger partial charge in [0, 0.05) is 5.39 Å². The zero-order valence-electron chi connectivity index (χ0n) is 28.1. The van der Waals surface area contributed by atoms with Gasteiger partial charge in [-0.25, -0.2) is 31.0 Å². The van der Waals surface area contributed by atoms with E-state index in [0.717, 1.165) is 24.5 Å². The first-order valence-corrected chi connectivity index (χ1v) is 22.7. The second-order valence-electron chi connectivity index (χ2n) is 11.1. The van der Waals surface area contributed by atoms with E-state index in [2.05, 4.69) is 40.0 Å². The average Bonchev–Trinajstić information content (AvgIpc) is 3.10. The van der Waals surface area contributed by atoms with E-state index in [1.165, 1.54) is 55.5 Å². The number of phenols is 1. The van der Waals surface area contributed by atoms with Gasteiger partial charge in [-0.3, -0.25) is 13.7 Å². The van der Waals surface area contributed by atoms with Crippen molar-refractivity contribution in [2.45, 2.75) is 26.5 Å². The van der Waals surface area contributed by atoms with Gasteiger partial charge in [0.2, 0.25) is 11.9 Å². The van der Waals surface area contributed by atoms with E-state index in [-0.39, 0.29) is 49.3 Å². The fourth-order valence-corrected chi connectivity index (χ4v) is 8.60. The number of nitrogens with zero attached hydrogens (tertiary/aromatic N) is 5. The highest BCUT2D eigenvalue weighted by Crippen LogP contribution is 2.45. The molecule has 6 N–H and O–H groups in total. The molecule has 56 heavy (non-hydrogen) atoms. The van der Waals surface area contributed by atoms with Crippen LogP contribution in [0.4, 0.5) is 34.6 Å². The number of phenolic OH excluding ortho intramolecular Hbond substituents is 1. The molecule has 0 saturated carbocycles. The van der Waals surface area contributed by atoms with Gasteiger partial charge >= 0.3 is 10.4 Å². The van der Waals surface area contributed by atoms with Crippen molar-refractivity contribution >= 4 is 95.7 Å². The van der Waals surface area contributed by atoms with Crippen LogP contribution < -0.4 is 10.6 Å². The largest absolute Gasteiger partial charge is 0.505 e. The highest BCUT2D eigenvalue weighted by atomic mass is 32.3. The maximum atomic E-state index is 13.0. The maximum absolute atomic E-state index is 13.0. The molecule has 298 valence electrons. The second kappa shape index (κ2) is 15.7. The van der Waals surface area contributed by atoms with Gasteiger partial charge < -0.3 is 15.7 Å². The molecular formula is C29H27N7O15S5. The van der Waals surface area contributed by atoms with Crippen molar-refractivity contribution in [1.29, 1.82) is 0 Å². The van der Waals surface area contributed by atoms with Gasteiger partial charge in [-0.2, -0.15) is 35.4 Å². The smallest absolute Gasteiger partial charge is 0.397 e. The summed E-state index contributed by atoms with van der Waals surface area (Å²) >= 11 is 0. The van der Waals surface area contributed by atoms with E-state index in [4.69, 9.17) is 4.55 Å². The number of aromatic hydroxyl groups is 1. The highest BCUT2D eigenvalue weighted by Gasteiger charge is 2.26. The summed E-state index contributed by atoms with van der Waals surface area (Å²) in [6.45, 7) is 0.530. The third kappa shape index (κ3) is 9.94. The van der Waals surface area contributed by atoms with Crippen LogP contribution in [0.2, 0.25) is 0 Å². The van der Waals surface area contributed by atoms with Gasteiger partial charge in [0.1, 0.15) is 16.9 Å². The Hall–Kier alpha value is -5.26. The molecule has 0 aliphatic carbocycles. The van der Waals surface area contributed by atoms with E-state index < -0.39 is 89.8 Å². The van der Waals surface area contributed by atoms with Crippen LogP contribution in [-0.4, -0.2) is 93.9 Å². The predicted molar refractivity (Wildman–Crippen MR) is 196 cm³/mol. The van der Waals surface area contributed by atoms with Crippen molar-refractivity contribution in [3.8, 4) is 5.75 Å². The number of nitrogens with one attached hydrogen (secondary N) is 2. The van der Waals surface area contributed by atoms with Crippen LogP contribution in [0.3, 0.4) is 0 Å². The van der Waals surface area contributed by atoms with Crippen LogP contribution in [0, 0.1) is 0 Å². The van der Waals surface area contributed by atoms with Crippen LogP contribution in [0.15, 0.2) is 103 Å². The molecule has 0 aliphatic heterocycles. The molecule has 0 amide bonds. The molecule has 1 aromatic heterocycles. The zero-order valence-corrected chi connectivity index (χ0v) is 32.2. The van der Waals surface area contributed by atoms with Crippen LogP contribution in [0.5, 0.6) is 5.75 Å². The number of hydrogen-bond acceptors (Lipinski definition) is 19. The number of anilines is 4. The number of fused-ring (bicyclic) bond motifs is 1. The number of rotatable bonds is 15. The maximum Gasteiger partial charge on any atom is 0.397 e. The first kappa shape index (κ1) is 41.9. The lowest BCUT2D eigenvalue weighted by Gasteiger charge is -2.15. The van der Waals surface area contributed by atoms with Crippen molar-refractivity contribution < 1.29 is 65.0 Å². The van der Waals surface area contributed by atoms with Gasteiger partial charge in [0.15, 0.2) is 25.4 Å². The van der Waals surface area contributed by atoms with Gasteiger partial charge in [0.25, 0.3) is 20.2 Å². The number of para-hydroxylation sites is 1. The zero-order chi connectivity index (χ0) is 41.3. The Morgan fingerprint density at radius 2 is 1.32 bits per heavy atom. The normalized spacial score (nSPS) is 12.9. The number of azo groups is 1. The average molecular weight is 874 g/mol. The molecule has 27 heteroatoms. The molecule has 0 radical (unpaired) electrons. The predicted octanol–water partition coefficient (Wildman–Crippen LogP) is 3.51. The van der Waals surface area contributed by atoms with Crippen molar-refractivity contribution in [2.75, 3.05) is 28.7 Å². The number of sulfone groups is 2. The molecule has 5 rings (SSSR count). The topological polar surface area (TPSA) is 348 Å². The van der Waals surface area contributed by atoms with Crippen molar-refractivity contribution in [3.63, 3.8) is 0 Å². The summed E-state index contributed by atoms with van der Waals surface area (Å²) in [5, 5.41) is 23.6. The summed E-state index contributed by atoms with van der Waals surface area (Å²) < 4.78 is 154. The van der Waals surface area contributed by atoms with Gasteiger partial charge in [-0.05, 0) is 60.0 Å². The Bertz CT molecular complexity index is 2950. The van der Waals surface area contributed by atoms with Crippen molar-refractivity contribution in [2.24, 2.45) is 10.2 Å². The van der Waals surface area contributed by atoms with Crippen molar-refractivity contribution in [3.05, 3.63) is 73.1 Å². The Morgan fingerprint density at radius 1 is 0.696 bits per heavy atom. The minimum atomic E-state index is -5.22. The van der Waals surface area contributed by atoms with Crippen LogP contribution in [0.1, 0.15) is 6.92 Å². The van der Waals surface area contributed by atoms with E-state index in [1.807, 2.05) is 0 Å². The summed E-state index contributed by atoms with van der Waals surface area (Å²) in [5.74, 6) is -2.76. The Labute approximate surface area is 318 Å². The molecule has 5 aromatic rings. The summed E-state index contributed by atoms with van der Waals surface area (Å²) in [6, 6.07) is 12.5. The van der Waals surface area contributed by atoms with Gasteiger partial charge in [-0.15, -0.1) is 5.11 Å². The lowest BCUT2D eigenvalue weighted by molar-refractivity contribution is 0.284. The molecule has 0 unspecified atom stereocenters. The molecular weight excluding hydrogens is 847 g/mol. The van der Waals surface area contributed by atoms with Gasteiger partial charge in [0.05, 0.1) is 49.9 Å². The minimum absolute atomic E-state index is 0.00747. The third-order valence-electron chi connectivity index (χ3n) is 7.41. The highest BCUT2D eigenvalue weighted by molar-refractivity contribution is 7.91. The van der Waals surface area contributed by atoms with Crippen LogP contribution in [-0.2, 0) is 54.5 Å². The summed E-state index contributed by atoms with van der Waals surface area (Å²) in [7, 11) is -23.0. The SMILES string of the molecule is CCS(=O)(=O)c1ccc(N=Nc2c(S(=O)(=O)O)cc3cc(S(=O)(=O)O)cc(Nc4ncnc(Nc5ccccc5S(=O)(=O)CCOS(=O)(=O)O)n4)c3c2O)cc1. The van der Waals surface area contributed by atoms with Crippen molar-refractivity contribution in [1.82, 2.24) is 15.0 Å². The van der Waals surface area contributed by atoms with E-state index >= 15 is 0 Å². The van der Waals surface area contributed by atoms with E-state index in [9.17, 15) is 56.3 Å². The molecule has 0 saturated heterocycles. The lowest BCUT2D eigenvalue weighted by Crippen LogP contribution is -2.16. The molecule has 0 aliphatic rings. The lowest BCUT2D eigenvalue weighted by atomic mass is 10.1. The Kier molecular flexibility index (Phi) is 11.7. The monoisotopic (exact) mass is 873 g/mol. The Morgan fingerprint density at radius 3 is 1.91 bits per heavy atom. The summed E-state index contributed by atoms with van der Waals surface area (Å²) in [6.07, 6.45) is 0.927. The molecule has 0 spiro atoms. The minimum Gasteiger partial charge on any atom is -0.505 e. The molecule has 0 fully saturated rings.